The molecule has 0 atom stereocenters. The molecule has 2 aromatic heterocycles. The molecular weight excluding hydrogens is 548 g/mol. The summed E-state index contributed by atoms with van der Waals surface area (Å²) in [4.78, 5) is 11.0. The molecule has 3 heterocycles. The number of H-pyrrole nitrogens is 1. The summed E-state index contributed by atoms with van der Waals surface area (Å²) in [6, 6.07) is 10.1. The molecule has 1 aliphatic heterocycles. The molecule has 6 rings (SSSR count). The van der Waals surface area contributed by atoms with Crippen molar-refractivity contribution in [2.75, 3.05) is 43.7 Å². The van der Waals surface area contributed by atoms with E-state index in [1.165, 1.54) is 37.4 Å². The molecule has 41 heavy (non-hydrogen) atoms. The lowest BCUT2D eigenvalue weighted by Crippen LogP contribution is -3.18. The quantitative estimate of drug-likeness (QED) is 0.323. The zero-order valence-corrected chi connectivity index (χ0v) is 23.7. The van der Waals surface area contributed by atoms with Crippen LogP contribution < -0.4 is 20.3 Å². The van der Waals surface area contributed by atoms with E-state index in [-0.39, 0.29) is 11.7 Å². The third-order valence-electron chi connectivity index (χ3n) is 8.64. The van der Waals surface area contributed by atoms with E-state index in [1.54, 1.807) is 17.3 Å². The van der Waals surface area contributed by atoms with Crippen LogP contribution in [-0.4, -0.2) is 62.1 Å². The molecular formula is C29H35F2N7O2S+2. The number of nitrogen functional groups attached to an aromatic ring is 1. The van der Waals surface area contributed by atoms with Crippen molar-refractivity contribution < 1.29 is 27.1 Å². The van der Waals surface area contributed by atoms with Gasteiger partial charge in [0, 0.05) is 31.5 Å². The van der Waals surface area contributed by atoms with Crippen molar-refractivity contribution in [2.45, 2.75) is 42.7 Å². The molecule has 0 unspecified atom stereocenters. The number of aromatic nitrogens is 3. The van der Waals surface area contributed by atoms with Gasteiger partial charge in [0.1, 0.15) is 21.9 Å². The zero-order chi connectivity index (χ0) is 28.7. The minimum absolute atomic E-state index is 0.268. The van der Waals surface area contributed by atoms with Crippen LogP contribution in [0.5, 0.6) is 0 Å². The van der Waals surface area contributed by atoms with Crippen LogP contribution in [-0.2, 0) is 10.0 Å². The monoisotopic (exact) mass is 583 g/mol. The Bertz CT molecular complexity index is 1680. The van der Waals surface area contributed by atoms with Crippen LogP contribution in [0.15, 0.2) is 59.9 Å². The number of hydrogen-bond donors (Lipinski definition) is 3. The molecule has 2 fully saturated rings. The first-order chi connectivity index (χ1) is 19.7. The number of anilines is 2. The van der Waals surface area contributed by atoms with Crippen LogP contribution in [0.25, 0.3) is 22.2 Å². The molecule has 0 bridgehead atoms. The summed E-state index contributed by atoms with van der Waals surface area (Å²) in [7, 11) is -2.14. The lowest BCUT2D eigenvalue weighted by atomic mass is 9.89. The topological polar surface area (TPSA) is 112 Å². The Labute approximate surface area is 238 Å². The van der Waals surface area contributed by atoms with E-state index in [2.05, 4.69) is 31.2 Å². The molecule has 1 saturated heterocycles. The second-order valence-electron chi connectivity index (χ2n) is 11.2. The highest BCUT2D eigenvalue weighted by Gasteiger charge is 2.34. The SMILES string of the molecule is CN1CC[NH+](C2CCC(n3cc(-c4ccc(NS(=O)(=O)c5ccccc5F)c(F)c4)c4c(N)nc[nH+]c43)CC2)CC1. The first-order valence-electron chi connectivity index (χ1n) is 14.0. The van der Waals surface area contributed by atoms with Crippen LogP contribution in [0.4, 0.5) is 20.3 Å². The maximum atomic E-state index is 15.3. The van der Waals surface area contributed by atoms with Crippen molar-refractivity contribution >= 4 is 32.6 Å². The van der Waals surface area contributed by atoms with Crippen molar-refractivity contribution in [1.29, 1.82) is 0 Å². The second kappa shape index (κ2) is 11.0. The highest BCUT2D eigenvalue weighted by molar-refractivity contribution is 7.92. The van der Waals surface area contributed by atoms with Gasteiger partial charge in [0.15, 0.2) is 0 Å². The molecule has 0 amide bonds. The van der Waals surface area contributed by atoms with Gasteiger partial charge in [-0.1, -0.05) is 23.2 Å². The molecule has 4 aromatic rings. The number of nitrogens with two attached hydrogens (primary N) is 1. The Morgan fingerprint density at radius 1 is 1.05 bits per heavy atom. The molecule has 9 nitrogen and oxygen atoms in total. The van der Waals surface area contributed by atoms with Crippen molar-refractivity contribution in [2.24, 2.45) is 0 Å². The predicted molar refractivity (Wildman–Crippen MR) is 153 cm³/mol. The minimum Gasteiger partial charge on any atom is -0.369 e. The molecule has 0 spiro atoms. The molecule has 2 aromatic carbocycles. The number of nitrogens with zero attached hydrogens (tertiary/aromatic N) is 3. The Balaban J connectivity index is 1.27. The number of likely N-dealkylation sites (N-methyl/N-ethyl adjacent to an activating group) is 1. The number of benzene rings is 2. The van der Waals surface area contributed by atoms with Crippen LogP contribution >= 0.6 is 0 Å². The predicted octanol–water partition coefficient (Wildman–Crippen LogP) is 2.49. The minimum atomic E-state index is -4.32. The number of sulfonamides is 1. The molecule has 216 valence electrons. The molecule has 2 aliphatic rings. The van der Waals surface area contributed by atoms with Gasteiger partial charge in [-0.05, 0) is 49.7 Å². The Hall–Kier alpha value is -3.61. The van der Waals surface area contributed by atoms with Gasteiger partial charge in [-0.3, -0.25) is 14.2 Å². The number of quaternary nitrogens is 1. The van der Waals surface area contributed by atoms with Gasteiger partial charge in [-0.2, -0.15) is 0 Å². The molecule has 1 saturated carbocycles. The largest absolute Gasteiger partial charge is 0.369 e. The summed E-state index contributed by atoms with van der Waals surface area (Å²) in [5.41, 5.74) is 8.11. The van der Waals surface area contributed by atoms with Gasteiger partial charge < -0.3 is 10.6 Å². The first-order valence-corrected chi connectivity index (χ1v) is 15.5. The third-order valence-corrected chi connectivity index (χ3v) is 10.0. The van der Waals surface area contributed by atoms with Crippen molar-refractivity contribution in [3.05, 3.63) is 66.6 Å². The van der Waals surface area contributed by atoms with Crippen molar-refractivity contribution in [1.82, 2.24) is 14.5 Å². The number of piperazine rings is 1. The van der Waals surface area contributed by atoms with Gasteiger partial charge in [0.25, 0.3) is 10.0 Å². The number of hydrogen-bond acceptors (Lipinski definition) is 5. The Morgan fingerprint density at radius 2 is 1.78 bits per heavy atom. The lowest BCUT2D eigenvalue weighted by Gasteiger charge is -2.38. The molecule has 12 heteroatoms. The third kappa shape index (κ3) is 5.39. The average molecular weight is 584 g/mol. The first kappa shape index (κ1) is 27.6. The lowest BCUT2D eigenvalue weighted by molar-refractivity contribution is -0.931. The Kier molecular flexibility index (Phi) is 7.39. The second-order valence-corrected chi connectivity index (χ2v) is 12.8. The highest BCUT2D eigenvalue weighted by atomic mass is 32.2. The van der Waals surface area contributed by atoms with E-state index in [9.17, 15) is 12.8 Å². The van der Waals surface area contributed by atoms with Gasteiger partial charge in [-0.25, -0.2) is 22.2 Å². The van der Waals surface area contributed by atoms with E-state index in [4.69, 9.17) is 5.73 Å². The molecule has 0 radical (unpaired) electrons. The van der Waals surface area contributed by atoms with Gasteiger partial charge >= 0.3 is 0 Å². The number of rotatable bonds is 6. The van der Waals surface area contributed by atoms with Crippen LogP contribution in [0.1, 0.15) is 31.7 Å². The summed E-state index contributed by atoms with van der Waals surface area (Å²) < 4.78 is 59.2. The fourth-order valence-corrected chi connectivity index (χ4v) is 7.52. The number of aromatic amines is 1. The summed E-state index contributed by atoms with van der Waals surface area (Å²) in [6.07, 6.45) is 7.92. The average Bonchev–Trinajstić information content (AvgIpc) is 3.36. The van der Waals surface area contributed by atoms with E-state index in [0.717, 1.165) is 56.6 Å². The zero-order valence-electron chi connectivity index (χ0n) is 22.9. The van der Waals surface area contributed by atoms with Gasteiger partial charge in [0.05, 0.1) is 37.1 Å². The van der Waals surface area contributed by atoms with Crippen LogP contribution in [0.3, 0.4) is 0 Å². The molecule has 1 aliphatic carbocycles. The van der Waals surface area contributed by atoms with E-state index >= 15 is 4.39 Å². The van der Waals surface area contributed by atoms with E-state index < -0.39 is 26.6 Å². The van der Waals surface area contributed by atoms with Crippen LogP contribution in [0.2, 0.25) is 0 Å². The summed E-state index contributed by atoms with van der Waals surface area (Å²) in [5.74, 6) is -1.37. The maximum Gasteiger partial charge on any atom is 0.264 e. The highest BCUT2D eigenvalue weighted by Crippen LogP contribution is 2.38. The fourth-order valence-electron chi connectivity index (χ4n) is 6.37. The standard InChI is InChI=1S/C29H33F2N7O2S/c1-36-12-14-37(15-13-36)20-7-9-21(10-8-20)38-17-22(27-28(32)33-18-34-29(27)38)19-6-11-25(24(31)16-19)35-41(39,40)26-5-3-2-4-23(26)30/h2-6,11,16-18,20-21,35H,7-10,12-15H2,1H3,(H2,32,33,34)/p+2. The summed E-state index contributed by atoms with van der Waals surface area (Å²) in [5, 5.41) is 0.693. The summed E-state index contributed by atoms with van der Waals surface area (Å²) in [6.45, 7) is 4.66. The van der Waals surface area contributed by atoms with E-state index in [0.29, 0.717) is 28.4 Å². The molecule has 5 N–H and O–H groups in total. The number of nitrogens with one attached hydrogen (secondary N) is 3. The van der Waals surface area contributed by atoms with Gasteiger partial charge in [0.2, 0.25) is 17.8 Å². The fraction of sp³-hybridized carbons (Fsp3) is 0.379. The maximum absolute atomic E-state index is 15.3. The van der Waals surface area contributed by atoms with Crippen molar-refractivity contribution in [3.8, 4) is 11.1 Å². The van der Waals surface area contributed by atoms with Gasteiger partial charge in [-0.15, -0.1) is 0 Å². The smallest absolute Gasteiger partial charge is 0.264 e. The Morgan fingerprint density at radius 3 is 2.49 bits per heavy atom. The van der Waals surface area contributed by atoms with Crippen LogP contribution in [0, 0.1) is 11.6 Å². The van der Waals surface area contributed by atoms with Crippen molar-refractivity contribution in [3.63, 3.8) is 0 Å². The normalized spacial score (nSPS) is 20.9. The van der Waals surface area contributed by atoms with E-state index in [1.807, 2.05) is 6.20 Å². The number of halogens is 2. The number of fused-ring (bicyclic) bond motifs is 1. The summed E-state index contributed by atoms with van der Waals surface area (Å²) >= 11 is 0.